The van der Waals surface area contributed by atoms with Crippen LogP contribution in [0.2, 0.25) is 0 Å². The van der Waals surface area contributed by atoms with Gasteiger partial charge in [-0.1, -0.05) is 25.5 Å². The van der Waals surface area contributed by atoms with Crippen molar-refractivity contribution in [3.8, 4) is 0 Å². The summed E-state index contributed by atoms with van der Waals surface area (Å²) in [5.74, 6) is 0. The fraction of sp³-hybridized carbons (Fsp3) is 0.846. The first kappa shape index (κ1) is 12.7. The third-order valence-corrected chi connectivity index (χ3v) is 3.13. The number of nitrogens with zero attached hydrogens (tertiary/aromatic N) is 1. The third kappa shape index (κ3) is 4.80. The summed E-state index contributed by atoms with van der Waals surface area (Å²) in [5, 5.41) is 3.55. The molecular formula is C13H26N2. The molecule has 0 bridgehead atoms. The maximum Gasteiger partial charge on any atom is 0.0223 e. The molecule has 0 aromatic carbocycles. The maximum absolute atomic E-state index is 3.55. The van der Waals surface area contributed by atoms with Crippen LogP contribution in [0.15, 0.2) is 12.2 Å². The molecule has 1 fully saturated rings. The number of likely N-dealkylation sites (tertiary alicyclic amines) is 1. The quantitative estimate of drug-likeness (QED) is 0.535. The Labute approximate surface area is 94.7 Å². The summed E-state index contributed by atoms with van der Waals surface area (Å²) in [7, 11) is 0. The highest BCUT2D eigenvalue weighted by Gasteiger charge is 2.20. The fourth-order valence-electron chi connectivity index (χ4n) is 2.22. The second-order valence-corrected chi connectivity index (χ2v) is 4.42. The van der Waals surface area contributed by atoms with Gasteiger partial charge >= 0.3 is 0 Å². The van der Waals surface area contributed by atoms with Gasteiger partial charge < -0.3 is 5.32 Å². The highest BCUT2D eigenvalue weighted by molar-refractivity contribution is 4.87. The van der Waals surface area contributed by atoms with Crippen molar-refractivity contribution >= 4 is 0 Å². The van der Waals surface area contributed by atoms with Gasteiger partial charge in [-0.05, 0) is 39.3 Å². The summed E-state index contributed by atoms with van der Waals surface area (Å²) in [6.07, 6.45) is 9.83. The summed E-state index contributed by atoms with van der Waals surface area (Å²) in [6, 6.07) is 0.765. The molecule has 15 heavy (non-hydrogen) atoms. The largest absolute Gasteiger partial charge is 0.315 e. The average Bonchev–Trinajstić information content (AvgIpc) is 2.28. The Morgan fingerprint density at radius 1 is 1.40 bits per heavy atom. The van der Waals surface area contributed by atoms with Gasteiger partial charge in [0.2, 0.25) is 0 Å². The summed E-state index contributed by atoms with van der Waals surface area (Å²) in [6.45, 7) is 9.08. The van der Waals surface area contributed by atoms with Gasteiger partial charge in [-0.2, -0.15) is 0 Å². The highest BCUT2D eigenvalue weighted by Crippen LogP contribution is 2.16. The number of piperidine rings is 1. The van der Waals surface area contributed by atoms with Crippen LogP contribution in [0.4, 0.5) is 0 Å². The maximum atomic E-state index is 3.55. The zero-order chi connectivity index (χ0) is 10.9. The Morgan fingerprint density at radius 2 is 2.27 bits per heavy atom. The van der Waals surface area contributed by atoms with Crippen LogP contribution in [0.5, 0.6) is 0 Å². The highest BCUT2D eigenvalue weighted by atomic mass is 15.2. The molecule has 0 saturated carbocycles. The van der Waals surface area contributed by atoms with Crippen molar-refractivity contribution in [2.24, 2.45) is 0 Å². The molecule has 2 nitrogen and oxygen atoms in total. The summed E-state index contributed by atoms with van der Waals surface area (Å²) >= 11 is 0. The first-order valence-corrected chi connectivity index (χ1v) is 6.44. The van der Waals surface area contributed by atoms with Gasteiger partial charge in [-0.15, -0.1) is 0 Å². The van der Waals surface area contributed by atoms with Crippen molar-refractivity contribution in [2.75, 3.05) is 26.2 Å². The smallest absolute Gasteiger partial charge is 0.0223 e. The first-order valence-electron chi connectivity index (χ1n) is 6.44. The van der Waals surface area contributed by atoms with E-state index in [4.69, 9.17) is 0 Å². The molecule has 1 atom stereocenters. The zero-order valence-corrected chi connectivity index (χ0v) is 10.3. The molecule has 0 amide bonds. The molecule has 88 valence electrons. The first-order chi connectivity index (χ1) is 7.38. The van der Waals surface area contributed by atoms with Gasteiger partial charge in [0.1, 0.15) is 0 Å². The molecule has 0 radical (unpaired) electrons. The van der Waals surface area contributed by atoms with Crippen LogP contribution in [-0.2, 0) is 0 Å². The van der Waals surface area contributed by atoms with Crippen LogP contribution in [-0.4, -0.2) is 37.1 Å². The lowest BCUT2D eigenvalue weighted by molar-refractivity contribution is 0.162. The van der Waals surface area contributed by atoms with Gasteiger partial charge in [-0.3, -0.25) is 4.90 Å². The van der Waals surface area contributed by atoms with E-state index in [0.29, 0.717) is 0 Å². The second-order valence-electron chi connectivity index (χ2n) is 4.42. The van der Waals surface area contributed by atoms with E-state index < -0.39 is 0 Å². The van der Waals surface area contributed by atoms with Crippen LogP contribution in [0.3, 0.4) is 0 Å². The fourth-order valence-corrected chi connectivity index (χ4v) is 2.22. The van der Waals surface area contributed by atoms with E-state index in [1.165, 1.54) is 38.8 Å². The van der Waals surface area contributed by atoms with E-state index >= 15 is 0 Å². The van der Waals surface area contributed by atoms with Gasteiger partial charge in [0.25, 0.3) is 0 Å². The van der Waals surface area contributed by atoms with Gasteiger partial charge in [-0.25, -0.2) is 0 Å². The lowest BCUT2D eigenvalue weighted by Crippen LogP contribution is -2.45. The summed E-state index contributed by atoms with van der Waals surface area (Å²) in [5.41, 5.74) is 0. The molecule has 1 saturated heterocycles. The standard InChI is InChI=1S/C13H26N2/c1-3-5-10-15-11-7-6-8-13(15)12-14-9-4-2/h3,5,13-14H,4,6-12H2,1-2H3. The van der Waals surface area contributed by atoms with Gasteiger partial charge in [0, 0.05) is 19.1 Å². The Morgan fingerprint density at radius 3 is 3.00 bits per heavy atom. The SMILES string of the molecule is CC=CCN1CCCCC1CNCCC. The van der Waals surface area contributed by atoms with Crippen molar-refractivity contribution in [1.82, 2.24) is 10.2 Å². The predicted octanol–water partition coefficient (Wildman–Crippen LogP) is 2.42. The molecule has 0 aliphatic carbocycles. The topological polar surface area (TPSA) is 15.3 Å². The monoisotopic (exact) mass is 210 g/mol. The van der Waals surface area contributed by atoms with Crippen LogP contribution < -0.4 is 5.32 Å². The van der Waals surface area contributed by atoms with Crippen LogP contribution >= 0.6 is 0 Å². The van der Waals surface area contributed by atoms with E-state index in [2.05, 4.69) is 36.2 Å². The van der Waals surface area contributed by atoms with Crippen molar-refractivity contribution in [3.63, 3.8) is 0 Å². The lowest BCUT2D eigenvalue weighted by atomic mass is 10.0. The van der Waals surface area contributed by atoms with Crippen molar-refractivity contribution in [2.45, 2.75) is 45.6 Å². The number of rotatable bonds is 6. The summed E-state index contributed by atoms with van der Waals surface area (Å²) < 4.78 is 0. The molecular weight excluding hydrogens is 184 g/mol. The van der Waals surface area contributed by atoms with Crippen LogP contribution in [0.1, 0.15) is 39.5 Å². The van der Waals surface area contributed by atoms with Gasteiger partial charge in [0.05, 0.1) is 0 Å². The number of hydrogen-bond donors (Lipinski definition) is 1. The predicted molar refractivity (Wildman–Crippen MR) is 67.2 cm³/mol. The average molecular weight is 210 g/mol. The molecule has 0 aromatic heterocycles. The molecule has 1 unspecified atom stereocenters. The summed E-state index contributed by atoms with van der Waals surface area (Å²) in [4.78, 5) is 2.62. The molecule has 1 rings (SSSR count). The molecule has 1 N–H and O–H groups in total. The minimum atomic E-state index is 0.765. The van der Waals surface area contributed by atoms with E-state index in [1.807, 2.05) is 0 Å². The van der Waals surface area contributed by atoms with E-state index in [9.17, 15) is 0 Å². The van der Waals surface area contributed by atoms with Crippen LogP contribution in [0, 0.1) is 0 Å². The minimum absolute atomic E-state index is 0.765. The van der Waals surface area contributed by atoms with Crippen molar-refractivity contribution < 1.29 is 0 Å². The van der Waals surface area contributed by atoms with Crippen molar-refractivity contribution in [3.05, 3.63) is 12.2 Å². The molecule has 1 aliphatic rings. The number of nitrogens with one attached hydrogen (secondary N) is 1. The van der Waals surface area contributed by atoms with Gasteiger partial charge in [0.15, 0.2) is 0 Å². The number of hydrogen-bond acceptors (Lipinski definition) is 2. The second kappa shape index (κ2) is 7.89. The molecule has 2 heteroatoms. The molecule has 1 heterocycles. The van der Waals surface area contributed by atoms with E-state index in [-0.39, 0.29) is 0 Å². The zero-order valence-electron chi connectivity index (χ0n) is 10.3. The molecule has 0 aromatic rings. The lowest BCUT2D eigenvalue weighted by Gasteiger charge is -2.35. The normalized spacial score (nSPS) is 23.7. The van der Waals surface area contributed by atoms with E-state index in [0.717, 1.165) is 19.1 Å². The third-order valence-electron chi connectivity index (χ3n) is 3.13. The van der Waals surface area contributed by atoms with E-state index in [1.54, 1.807) is 0 Å². The Bertz CT molecular complexity index is 177. The molecule has 0 spiro atoms. The van der Waals surface area contributed by atoms with Crippen molar-refractivity contribution in [1.29, 1.82) is 0 Å². The molecule has 1 aliphatic heterocycles. The Hall–Kier alpha value is -0.340. The Balaban J connectivity index is 2.28. The minimum Gasteiger partial charge on any atom is -0.315 e. The number of allylic oxidation sites excluding steroid dienone is 1. The van der Waals surface area contributed by atoms with Crippen LogP contribution in [0.25, 0.3) is 0 Å². The Kier molecular flexibility index (Phi) is 6.69.